The molecule has 0 aromatic heterocycles. The Bertz CT molecular complexity index is 374. The highest BCUT2D eigenvalue weighted by atomic mass is 32.1. The van der Waals surface area contributed by atoms with Gasteiger partial charge in [0.15, 0.2) is 0 Å². The van der Waals surface area contributed by atoms with Gasteiger partial charge in [0.25, 0.3) is 0 Å². The number of thiocarbonyl (C=S) groups is 1. The highest BCUT2D eigenvalue weighted by molar-refractivity contribution is 7.80. The molecule has 3 nitrogen and oxygen atoms in total. The van der Waals surface area contributed by atoms with E-state index in [2.05, 4.69) is 20.8 Å². The van der Waals surface area contributed by atoms with Crippen LogP contribution in [0.25, 0.3) is 0 Å². The monoisotopic (exact) mass is 282 g/mol. The van der Waals surface area contributed by atoms with E-state index < -0.39 is 5.41 Å². The predicted octanol–water partition coefficient (Wildman–Crippen LogP) is 2.73. The van der Waals surface area contributed by atoms with Crippen LogP contribution in [0.1, 0.15) is 52.9 Å². The van der Waals surface area contributed by atoms with Crippen molar-refractivity contribution in [1.29, 1.82) is 0 Å². The summed E-state index contributed by atoms with van der Waals surface area (Å²) in [5, 5.41) is 0. The van der Waals surface area contributed by atoms with Crippen molar-refractivity contribution in [2.45, 2.75) is 52.9 Å². The van der Waals surface area contributed by atoms with Gasteiger partial charge >= 0.3 is 0 Å². The lowest BCUT2D eigenvalue weighted by atomic mass is 9.67. The Balaban J connectivity index is 1.98. The van der Waals surface area contributed by atoms with Crippen LogP contribution in [0.5, 0.6) is 0 Å². The molecule has 2 aliphatic rings. The maximum Gasteiger partial charge on any atom is 0.235 e. The van der Waals surface area contributed by atoms with Crippen molar-refractivity contribution < 1.29 is 4.79 Å². The Hall–Kier alpha value is -0.640. The molecule has 108 valence electrons. The first-order chi connectivity index (χ1) is 8.77. The molecule has 2 fully saturated rings. The first-order valence-electron chi connectivity index (χ1n) is 7.37. The summed E-state index contributed by atoms with van der Waals surface area (Å²) in [4.78, 5) is 15.1. The second-order valence-electron chi connectivity index (χ2n) is 7.23. The number of rotatable bonds is 2. The lowest BCUT2D eigenvalue weighted by molar-refractivity contribution is -0.144. The Morgan fingerprint density at radius 2 is 1.79 bits per heavy atom. The summed E-state index contributed by atoms with van der Waals surface area (Å²) in [6.45, 7) is 8.60. The summed E-state index contributed by atoms with van der Waals surface area (Å²) in [5.41, 5.74) is 5.66. The van der Waals surface area contributed by atoms with Gasteiger partial charge < -0.3 is 10.6 Å². The van der Waals surface area contributed by atoms with Gasteiger partial charge in [0.2, 0.25) is 5.91 Å². The zero-order valence-electron chi connectivity index (χ0n) is 12.4. The van der Waals surface area contributed by atoms with Gasteiger partial charge in [-0.15, -0.1) is 0 Å². The zero-order valence-corrected chi connectivity index (χ0v) is 13.2. The average molecular weight is 282 g/mol. The van der Waals surface area contributed by atoms with Crippen molar-refractivity contribution >= 4 is 23.1 Å². The van der Waals surface area contributed by atoms with Crippen LogP contribution in [0.2, 0.25) is 0 Å². The molecule has 2 N–H and O–H groups in total. The fourth-order valence-electron chi connectivity index (χ4n) is 3.35. The third-order valence-corrected chi connectivity index (χ3v) is 5.49. The average Bonchev–Trinajstić information content (AvgIpc) is 2.25. The molecule has 1 saturated heterocycles. The standard InChI is InChI=1S/C15H26N2OS/c1-14(2,3)11-5-9-17(10-6-11)13(18)15(12(16)19)7-4-8-15/h11H,4-10H2,1-3H3,(H2,16,19). The molecular weight excluding hydrogens is 256 g/mol. The second-order valence-corrected chi connectivity index (χ2v) is 7.67. The first kappa shape index (κ1) is 14.8. The summed E-state index contributed by atoms with van der Waals surface area (Å²) in [7, 11) is 0. The van der Waals surface area contributed by atoms with E-state index in [4.69, 9.17) is 18.0 Å². The van der Waals surface area contributed by atoms with Crippen LogP contribution in [-0.4, -0.2) is 28.9 Å². The molecule has 1 amide bonds. The fourth-order valence-corrected chi connectivity index (χ4v) is 3.64. The highest BCUT2D eigenvalue weighted by Crippen LogP contribution is 2.44. The highest BCUT2D eigenvalue weighted by Gasteiger charge is 2.49. The van der Waals surface area contributed by atoms with E-state index in [0.717, 1.165) is 45.2 Å². The quantitative estimate of drug-likeness (QED) is 0.792. The van der Waals surface area contributed by atoms with Crippen molar-refractivity contribution in [2.75, 3.05) is 13.1 Å². The maximum absolute atomic E-state index is 12.7. The van der Waals surface area contributed by atoms with Gasteiger partial charge in [-0.2, -0.15) is 0 Å². The number of carbonyl (C=O) groups is 1. The summed E-state index contributed by atoms with van der Waals surface area (Å²) in [5.74, 6) is 0.900. The number of likely N-dealkylation sites (tertiary alicyclic amines) is 1. The molecular formula is C15H26N2OS. The maximum atomic E-state index is 12.7. The third-order valence-electron chi connectivity index (χ3n) is 5.10. The topological polar surface area (TPSA) is 46.3 Å². The van der Waals surface area contributed by atoms with E-state index in [1.807, 2.05) is 4.90 Å². The Labute approximate surface area is 121 Å². The number of piperidine rings is 1. The minimum absolute atomic E-state index is 0.193. The molecule has 1 heterocycles. The summed E-state index contributed by atoms with van der Waals surface area (Å²) >= 11 is 5.14. The van der Waals surface area contributed by atoms with E-state index >= 15 is 0 Å². The number of amides is 1. The summed E-state index contributed by atoms with van der Waals surface area (Å²) < 4.78 is 0. The lowest BCUT2D eigenvalue weighted by Crippen LogP contribution is -2.56. The van der Waals surface area contributed by atoms with Gasteiger partial charge in [0, 0.05) is 13.1 Å². The van der Waals surface area contributed by atoms with Crippen LogP contribution in [-0.2, 0) is 4.79 Å². The third kappa shape index (κ3) is 2.64. The van der Waals surface area contributed by atoms with Crippen LogP contribution >= 0.6 is 12.2 Å². The molecule has 2 rings (SSSR count). The minimum Gasteiger partial charge on any atom is -0.392 e. The summed E-state index contributed by atoms with van der Waals surface area (Å²) in [6.07, 6.45) is 4.97. The fraction of sp³-hybridized carbons (Fsp3) is 0.867. The molecule has 0 atom stereocenters. The molecule has 4 heteroatoms. The van der Waals surface area contributed by atoms with Crippen LogP contribution in [0.15, 0.2) is 0 Å². The Kier molecular flexibility index (Phi) is 3.92. The van der Waals surface area contributed by atoms with Crippen LogP contribution < -0.4 is 5.73 Å². The molecule has 1 saturated carbocycles. The number of nitrogens with two attached hydrogens (primary N) is 1. The normalized spacial score (nSPS) is 23.8. The number of hydrogen-bond donors (Lipinski definition) is 1. The van der Waals surface area contributed by atoms with Gasteiger partial charge in [-0.3, -0.25) is 4.79 Å². The van der Waals surface area contributed by atoms with E-state index in [0.29, 0.717) is 16.3 Å². The SMILES string of the molecule is CC(C)(C)C1CCN(C(=O)C2(C(N)=S)CCC2)CC1. The van der Waals surface area contributed by atoms with Crippen molar-refractivity contribution in [3.05, 3.63) is 0 Å². The van der Waals surface area contributed by atoms with Gasteiger partial charge in [-0.05, 0) is 37.0 Å². The number of nitrogens with zero attached hydrogens (tertiary/aromatic N) is 1. The molecule has 0 unspecified atom stereocenters. The molecule has 1 aliphatic carbocycles. The van der Waals surface area contributed by atoms with E-state index in [1.54, 1.807) is 0 Å². The van der Waals surface area contributed by atoms with Crippen molar-refractivity contribution in [3.8, 4) is 0 Å². The van der Waals surface area contributed by atoms with Crippen LogP contribution in [0.3, 0.4) is 0 Å². The van der Waals surface area contributed by atoms with E-state index in [-0.39, 0.29) is 5.91 Å². The molecule has 0 aromatic carbocycles. The summed E-state index contributed by atoms with van der Waals surface area (Å²) in [6, 6.07) is 0. The van der Waals surface area contributed by atoms with Crippen molar-refractivity contribution in [1.82, 2.24) is 4.90 Å². The lowest BCUT2D eigenvalue weighted by Gasteiger charge is -2.46. The van der Waals surface area contributed by atoms with Gasteiger partial charge in [-0.1, -0.05) is 39.4 Å². The van der Waals surface area contributed by atoms with E-state index in [9.17, 15) is 4.79 Å². The van der Waals surface area contributed by atoms with E-state index in [1.165, 1.54) is 0 Å². The molecule has 1 aliphatic heterocycles. The number of hydrogen-bond acceptors (Lipinski definition) is 2. The smallest absolute Gasteiger partial charge is 0.235 e. The number of carbonyl (C=O) groups excluding carboxylic acids is 1. The Morgan fingerprint density at radius 1 is 1.26 bits per heavy atom. The second kappa shape index (κ2) is 5.04. The largest absolute Gasteiger partial charge is 0.392 e. The molecule has 19 heavy (non-hydrogen) atoms. The first-order valence-corrected chi connectivity index (χ1v) is 7.77. The molecule has 0 aromatic rings. The predicted molar refractivity (Wildman–Crippen MR) is 81.8 cm³/mol. The van der Waals surface area contributed by atoms with Crippen LogP contribution in [0, 0.1) is 16.7 Å². The van der Waals surface area contributed by atoms with Gasteiger partial charge in [0.1, 0.15) is 0 Å². The van der Waals surface area contributed by atoms with Crippen LogP contribution in [0.4, 0.5) is 0 Å². The van der Waals surface area contributed by atoms with Gasteiger partial charge in [-0.25, -0.2) is 0 Å². The van der Waals surface area contributed by atoms with Crippen molar-refractivity contribution in [2.24, 2.45) is 22.5 Å². The molecule has 0 bridgehead atoms. The van der Waals surface area contributed by atoms with Gasteiger partial charge in [0.05, 0.1) is 10.4 Å². The molecule has 0 spiro atoms. The molecule has 0 radical (unpaired) electrons. The minimum atomic E-state index is -0.496. The zero-order chi connectivity index (χ0) is 14.3. The Morgan fingerprint density at radius 3 is 2.11 bits per heavy atom. The van der Waals surface area contributed by atoms with Crippen molar-refractivity contribution in [3.63, 3.8) is 0 Å².